The van der Waals surface area contributed by atoms with Crippen LogP contribution in [0.3, 0.4) is 0 Å². The van der Waals surface area contributed by atoms with Crippen LogP contribution in [-0.4, -0.2) is 57.5 Å². The first kappa shape index (κ1) is 27.1. The SMILES string of the molecule is C=S1(=O)CCCN1CCOc1cc(C)c(-c2cccc(COc3ccc4c(c3)OCC4CC(=O)O)c2)c(C)c1. The molecular formula is C31H35NO6S. The van der Waals surface area contributed by atoms with Gasteiger partial charge in [0.1, 0.15) is 30.5 Å². The highest BCUT2D eigenvalue weighted by Crippen LogP contribution is 2.38. The highest BCUT2D eigenvalue weighted by Gasteiger charge is 2.27. The van der Waals surface area contributed by atoms with Crippen LogP contribution in [0, 0.1) is 13.8 Å². The number of carboxylic acid groups (broad SMARTS) is 1. The van der Waals surface area contributed by atoms with E-state index in [2.05, 4.69) is 44.0 Å². The van der Waals surface area contributed by atoms with Crippen LogP contribution < -0.4 is 14.2 Å². The number of hydrogen-bond acceptors (Lipinski definition) is 5. The molecule has 39 heavy (non-hydrogen) atoms. The van der Waals surface area contributed by atoms with Crippen LogP contribution in [0.2, 0.25) is 0 Å². The van der Waals surface area contributed by atoms with E-state index in [0.29, 0.717) is 43.6 Å². The number of benzene rings is 3. The molecule has 0 aromatic heterocycles. The number of carboxylic acids is 1. The first-order valence-corrected chi connectivity index (χ1v) is 15.1. The van der Waals surface area contributed by atoms with Gasteiger partial charge in [0.25, 0.3) is 0 Å². The maximum atomic E-state index is 12.4. The molecule has 8 heteroatoms. The molecule has 7 nitrogen and oxygen atoms in total. The van der Waals surface area contributed by atoms with Crippen molar-refractivity contribution in [1.29, 1.82) is 0 Å². The smallest absolute Gasteiger partial charge is 0.304 e. The highest BCUT2D eigenvalue weighted by atomic mass is 32.2. The molecule has 2 heterocycles. The van der Waals surface area contributed by atoms with Gasteiger partial charge >= 0.3 is 5.97 Å². The Morgan fingerprint density at radius 3 is 2.62 bits per heavy atom. The molecule has 3 aromatic rings. The topological polar surface area (TPSA) is 85.3 Å². The summed E-state index contributed by atoms with van der Waals surface area (Å²) in [6, 6.07) is 18.0. The Morgan fingerprint density at radius 1 is 1.10 bits per heavy atom. The van der Waals surface area contributed by atoms with E-state index in [-0.39, 0.29) is 12.3 Å². The summed E-state index contributed by atoms with van der Waals surface area (Å²) in [5.74, 6) is 5.79. The van der Waals surface area contributed by atoms with E-state index in [0.717, 1.165) is 46.5 Å². The average Bonchev–Trinajstić information content (AvgIpc) is 3.43. The fraction of sp³-hybridized carbons (Fsp3) is 0.355. The first-order valence-electron chi connectivity index (χ1n) is 13.2. The van der Waals surface area contributed by atoms with Crippen LogP contribution in [0.1, 0.15) is 41.0 Å². The monoisotopic (exact) mass is 549 g/mol. The summed E-state index contributed by atoms with van der Waals surface area (Å²) in [4.78, 5) is 11.1. The number of aliphatic carboxylic acids is 1. The van der Waals surface area contributed by atoms with Gasteiger partial charge in [0.2, 0.25) is 0 Å². The molecule has 0 bridgehead atoms. The number of ether oxygens (including phenoxy) is 3. The lowest BCUT2D eigenvalue weighted by Crippen LogP contribution is -2.30. The molecule has 0 saturated carbocycles. The van der Waals surface area contributed by atoms with Crippen LogP contribution in [0.5, 0.6) is 17.2 Å². The highest BCUT2D eigenvalue weighted by molar-refractivity contribution is 7.98. The molecule has 1 fully saturated rings. The van der Waals surface area contributed by atoms with E-state index >= 15 is 0 Å². The van der Waals surface area contributed by atoms with E-state index in [1.165, 1.54) is 5.56 Å². The summed E-state index contributed by atoms with van der Waals surface area (Å²) in [5, 5.41) is 9.11. The third-order valence-electron chi connectivity index (χ3n) is 7.36. The lowest BCUT2D eigenvalue weighted by molar-refractivity contribution is -0.137. The van der Waals surface area contributed by atoms with Gasteiger partial charge < -0.3 is 19.3 Å². The Kier molecular flexibility index (Phi) is 7.86. The maximum absolute atomic E-state index is 12.4. The van der Waals surface area contributed by atoms with Crippen molar-refractivity contribution in [3.05, 3.63) is 76.9 Å². The Balaban J connectivity index is 1.23. The van der Waals surface area contributed by atoms with E-state index in [9.17, 15) is 9.00 Å². The second-order valence-corrected chi connectivity index (χ2v) is 12.8. The van der Waals surface area contributed by atoms with Gasteiger partial charge in [-0.3, -0.25) is 9.00 Å². The quantitative estimate of drug-likeness (QED) is 0.349. The maximum Gasteiger partial charge on any atom is 0.304 e. The molecule has 2 aliphatic rings. The molecule has 0 amide bonds. The summed E-state index contributed by atoms with van der Waals surface area (Å²) in [6.45, 7) is 6.86. The fourth-order valence-corrected chi connectivity index (χ4v) is 7.19. The van der Waals surface area contributed by atoms with Gasteiger partial charge in [-0.1, -0.05) is 24.3 Å². The summed E-state index contributed by atoms with van der Waals surface area (Å²) < 4.78 is 32.2. The molecule has 5 rings (SSSR count). The summed E-state index contributed by atoms with van der Waals surface area (Å²) in [7, 11) is -2.12. The van der Waals surface area contributed by atoms with Gasteiger partial charge in [-0.2, -0.15) is 0 Å². The molecular weight excluding hydrogens is 514 g/mol. The van der Waals surface area contributed by atoms with Crippen molar-refractivity contribution >= 4 is 21.5 Å². The Labute approximate surface area is 230 Å². The summed E-state index contributed by atoms with van der Waals surface area (Å²) in [5.41, 5.74) is 6.48. The van der Waals surface area contributed by atoms with Crippen LogP contribution in [-0.2, 0) is 21.1 Å². The predicted octanol–water partition coefficient (Wildman–Crippen LogP) is 5.22. The minimum atomic E-state index is -2.12. The van der Waals surface area contributed by atoms with Crippen LogP contribution in [0.25, 0.3) is 11.1 Å². The molecule has 2 unspecified atom stereocenters. The van der Waals surface area contributed by atoms with Crippen LogP contribution in [0.15, 0.2) is 54.6 Å². The second kappa shape index (κ2) is 11.3. The van der Waals surface area contributed by atoms with Crippen molar-refractivity contribution < 1.29 is 28.3 Å². The zero-order valence-electron chi connectivity index (χ0n) is 22.5. The predicted molar refractivity (Wildman–Crippen MR) is 154 cm³/mol. The molecule has 1 N–H and O–H groups in total. The minimum Gasteiger partial charge on any atom is -0.492 e. The number of aryl methyl sites for hydroxylation is 2. The van der Waals surface area contributed by atoms with Crippen molar-refractivity contribution in [3.8, 4) is 28.4 Å². The standard InChI is InChI=1S/C31H35NO6S/c1-21-14-27(36-12-11-32-10-5-13-39(32,3)35)15-22(2)31(21)24-7-4-6-23(16-24)19-37-26-8-9-28-25(17-30(33)34)20-38-29(28)18-26/h4,6-9,14-16,18,25H,3,5,10-13,17,19-20H2,1-2H3,(H,33,34). The number of carbonyl (C=O) groups is 1. The molecule has 206 valence electrons. The molecule has 0 aliphatic carbocycles. The summed E-state index contributed by atoms with van der Waals surface area (Å²) >= 11 is 0. The minimum absolute atomic E-state index is 0.0595. The molecule has 2 atom stereocenters. The van der Waals surface area contributed by atoms with Crippen molar-refractivity contribution in [3.63, 3.8) is 0 Å². The average molecular weight is 550 g/mol. The van der Waals surface area contributed by atoms with Gasteiger partial charge in [-0.25, -0.2) is 4.31 Å². The Morgan fingerprint density at radius 2 is 1.90 bits per heavy atom. The Hall–Kier alpha value is -3.49. The fourth-order valence-electron chi connectivity index (χ4n) is 5.48. The van der Waals surface area contributed by atoms with Gasteiger partial charge in [-0.15, -0.1) is 0 Å². The molecule has 2 aliphatic heterocycles. The van der Waals surface area contributed by atoms with Crippen molar-refractivity contribution in [2.75, 3.05) is 32.1 Å². The van der Waals surface area contributed by atoms with Gasteiger partial charge in [0.05, 0.1) is 13.0 Å². The van der Waals surface area contributed by atoms with E-state index in [1.54, 1.807) is 0 Å². The third kappa shape index (κ3) is 6.23. The van der Waals surface area contributed by atoms with Crippen molar-refractivity contribution in [2.24, 2.45) is 0 Å². The van der Waals surface area contributed by atoms with E-state index in [4.69, 9.17) is 19.3 Å². The zero-order chi connectivity index (χ0) is 27.6. The number of rotatable bonds is 10. The molecule has 0 radical (unpaired) electrons. The third-order valence-corrected chi connectivity index (χ3v) is 9.60. The number of hydrogen-bond donors (Lipinski definition) is 1. The lowest BCUT2D eigenvalue weighted by atomic mass is 9.94. The van der Waals surface area contributed by atoms with E-state index in [1.807, 2.05) is 34.6 Å². The van der Waals surface area contributed by atoms with Crippen molar-refractivity contribution in [2.45, 2.75) is 39.2 Å². The van der Waals surface area contributed by atoms with Crippen molar-refractivity contribution in [1.82, 2.24) is 4.31 Å². The Bertz CT molecular complexity index is 1460. The molecule has 0 spiro atoms. The second-order valence-electron chi connectivity index (χ2n) is 10.3. The van der Waals surface area contributed by atoms with E-state index < -0.39 is 15.7 Å². The van der Waals surface area contributed by atoms with Crippen LogP contribution in [0.4, 0.5) is 0 Å². The van der Waals surface area contributed by atoms with Gasteiger partial charge in [0.15, 0.2) is 0 Å². The normalized spacial score (nSPS) is 20.4. The number of fused-ring (bicyclic) bond motifs is 1. The molecule has 3 aromatic carbocycles. The molecule has 1 saturated heterocycles. The lowest BCUT2D eigenvalue weighted by Gasteiger charge is -2.19. The van der Waals surface area contributed by atoms with Crippen LogP contribution >= 0.6 is 0 Å². The number of nitrogens with zero attached hydrogens (tertiary/aromatic N) is 1. The van der Waals surface area contributed by atoms with Gasteiger partial charge in [0, 0.05) is 46.1 Å². The largest absolute Gasteiger partial charge is 0.492 e. The summed E-state index contributed by atoms with van der Waals surface area (Å²) in [6.07, 6.45) is 0.986. The zero-order valence-corrected chi connectivity index (χ0v) is 23.3. The van der Waals surface area contributed by atoms with Gasteiger partial charge in [-0.05, 0) is 78.2 Å². The first-order chi connectivity index (χ1) is 18.7.